The van der Waals surface area contributed by atoms with Crippen molar-refractivity contribution in [3.8, 4) is 0 Å². The number of hydrogen-bond donors (Lipinski definition) is 1. The Labute approximate surface area is 490 Å². The summed E-state index contributed by atoms with van der Waals surface area (Å²) in [4.78, 5) is 40.0. The van der Waals surface area contributed by atoms with Gasteiger partial charge in [0.1, 0.15) is 19.3 Å². The number of phosphoric ester groups is 1. The molecule has 0 heterocycles. The topological polar surface area (TPSA) is 114 Å². The number of rotatable bonds is 62. The van der Waals surface area contributed by atoms with Crippen molar-refractivity contribution in [2.45, 2.75) is 341 Å². The second kappa shape index (κ2) is 59.1. The van der Waals surface area contributed by atoms with E-state index in [1.54, 1.807) is 0 Å². The van der Waals surface area contributed by atoms with E-state index in [0.717, 1.165) is 77.0 Å². The number of unbranched alkanes of at least 4 members (excludes halogenated alkanes) is 40. The molecule has 0 saturated carbocycles. The average Bonchev–Trinajstić information content (AvgIpc) is 3.41. The second-order valence-corrected chi connectivity index (χ2v) is 25.7. The summed E-state index contributed by atoms with van der Waals surface area (Å²) in [5.41, 5.74) is 0. The highest BCUT2D eigenvalue weighted by Crippen LogP contribution is 2.38. The highest BCUT2D eigenvalue weighted by atomic mass is 31.2. The smallest absolute Gasteiger partial charge is 0.306 e. The van der Waals surface area contributed by atoms with Gasteiger partial charge in [0, 0.05) is 12.8 Å². The van der Waals surface area contributed by atoms with E-state index in [2.05, 4.69) is 62.5 Å². The fourth-order valence-corrected chi connectivity index (χ4v) is 10.7. The van der Waals surface area contributed by atoms with Crippen molar-refractivity contribution in [1.29, 1.82) is 0 Å². The molecule has 0 aromatic heterocycles. The minimum atomic E-state index is -4.70. The molecule has 0 bridgehead atoms. The number of carbonyl (C=O) groups excluding carboxylic acids is 2. The van der Waals surface area contributed by atoms with Crippen molar-refractivity contribution in [2.24, 2.45) is 0 Å². The number of allylic oxidation sites excluding steroid dienone is 7. The number of phosphoric acid groups is 1. The van der Waals surface area contributed by atoms with Gasteiger partial charge in [0.25, 0.3) is 7.82 Å². The van der Waals surface area contributed by atoms with Crippen LogP contribution in [0.2, 0.25) is 0 Å². The zero-order valence-electron chi connectivity index (χ0n) is 53.1. The summed E-state index contributed by atoms with van der Waals surface area (Å²) in [5.74, 6) is -0.553. The number of hydrogen-bond acceptors (Lipinski definition) is 7. The van der Waals surface area contributed by atoms with E-state index in [9.17, 15) is 19.0 Å². The second-order valence-electron chi connectivity index (χ2n) is 24.3. The van der Waals surface area contributed by atoms with Crippen LogP contribution in [-0.2, 0) is 27.9 Å². The molecule has 464 valence electrons. The molecule has 0 fully saturated rings. The third-order valence-electron chi connectivity index (χ3n) is 15.3. The number of esters is 1. The zero-order chi connectivity index (χ0) is 57.9. The van der Waals surface area contributed by atoms with Crippen LogP contribution in [0.25, 0.3) is 0 Å². The summed E-state index contributed by atoms with van der Waals surface area (Å²) in [5, 5.41) is 3.03. The quantitative estimate of drug-likeness (QED) is 0.0212. The zero-order valence-corrected chi connectivity index (χ0v) is 54.0. The van der Waals surface area contributed by atoms with Crippen LogP contribution in [0.15, 0.2) is 48.6 Å². The summed E-state index contributed by atoms with van der Waals surface area (Å²) in [6.45, 7) is 6.84. The summed E-state index contributed by atoms with van der Waals surface area (Å²) < 4.78 is 30.3. The van der Waals surface area contributed by atoms with E-state index in [-0.39, 0.29) is 24.9 Å². The molecule has 0 aliphatic carbocycles. The number of ether oxygens (including phenoxy) is 1. The molecule has 0 saturated heterocycles. The fourth-order valence-electron chi connectivity index (χ4n) is 10.0. The standard InChI is InChI=1S/C69H131N2O7P/c1-7-10-13-16-19-22-25-27-29-31-32-33-34-35-36-37-38-40-41-43-46-49-52-55-58-61-68(72)70-66(65-77-79(74,75)76-64-63-71(4,5)6)67(60-57-54-51-48-45-24-21-18-15-12-9-3)78-69(73)62-59-56-53-50-47-44-42-39-30-28-26-23-20-17-14-11-8-2/h20,23,28,30,42,44,57,60,66-67H,7-19,21-22,24-27,29,31-41,43,45-56,58-59,61-65H2,1-6H3,(H-,70,72,74,75)/b23-20-,30-28-,44-42-,60-57-. The first-order valence-electron chi connectivity index (χ1n) is 33.9. The number of likely N-dealkylation sites (N-methyl/N-ethyl adjacent to an activating group) is 1. The number of quaternary nitrogens is 1. The van der Waals surface area contributed by atoms with Gasteiger partial charge in [-0.3, -0.25) is 14.2 Å². The molecule has 1 N–H and O–H groups in total. The van der Waals surface area contributed by atoms with E-state index in [4.69, 9.17) is 13.8 Å². The van der Waals surface area contributed by atoms with Gasteiger partial charge in [0.15, 0.2) is 0 Å². The van der Waals surface area contributed by atoms with Crippen molar-refractivity contribution < 1.29 is 37.3 Å². The Morgan fingerprint density at radius 2 is 0.772 bits per heavy atom. The van der Waals surface area contributed by atoms with E-state index >= 15 is 0 Å². The van der Waals surface area contributed by atoms with Gasteiger partial charge < -0.3 is 28.5 Å². The lowest BCUT2D eigenvalue weighted by Gasteiger charge is -2.30. The molecule has 10 heteroatoms. The first-order valence-corrected chi connectivity index (χ1v) is 35.4. The Morgan fingerprint density at radius 1 is 0.443 bits per heavy atom. The van der Waals surface area contributed by atoms with Crippen LogP contribution in [0.3, 0.4) is 0 Å². The van der Waals surface area contributed by atoms with Gasteiger partial charge in [0.2, 0.25) is 5.91 Å². The molecule has 9 nitrogen and oxygen atoms in total. The molecule has 0 aliphatic rings. The van der Waals surface area contributed by atoms with E-state index in [0.29, 0.717) is 23.9 Å². The van der Waals surface area contributed by atoms with Crippen LogP contribution in [0.1, 0.15) is 329 Å². The van der Waals surface area contributed by atoms with Crippen LogP contribution in [0.5, 0.6) is 0 Å². The number of carbonyl (C=O) groups is 2. The fraction of sp³-hybridized carbons (Fsp3) is 0.855. The van der Waals surface area contributed by atoms with Gasteiger partial charge in [-0.2, -0.15) is 0 Å². The lowest BCUT2D eigenvalue weighted by Crippen LogP contribution is -2.47. The summed E-state index contributed by atoms with van der Waals surface area (Å²) in [6.07, 6.45) is 73.8. The summed E-state index contributed by atoms with van der Waals surface area (Å²) in [6, 6.07) is -0.895. The largest absolute Gasteiger partial charge is 0.756 e. The minimum absolute atomic E-state index is 0.0249. The Hall–Kier alpha value is -2.03. The van der Waals surface area contributed by atoms with Gasteiger partial charge in [-0.05, 0) is 70.3 Å². The number of nitrogens with zero attached hydrogens (tertiary/aromatic N) is 1. The van der Waals surface area contributed by atoms with Crippen molar-refractivity contribution in [1.82, 2.24) is 5.32 Å². The molecule has 0 aromatic carbocycles. The SMILES string of the molecule is CCCCC/C=C\C/C=C\C/C=C\CCCCCCC(=O)OC(/C=C\CCCCCCCCCCC)C(COP(=O)([O-])OCC[N+](C)(C)C)NC(=O)CCCCCCCCCCCCCCCCCCCCCCCCCCC. The molecule has 0 aromatic rings. The average molecular weight is 1130 g/mol. The van der Waals surface area contributed by atoms with Gasteiger partial charge >= 0.3 is 5.97 Å². The summed E-state index contributed by atoms with van der Waals surface area (Å²) >= 11 is 0. The van der Waals surface area contributed by atoms with Gasteiger partial charge in [0.05, 0.1) is 33.8 Å². The summed E-state index contributed by atoms with van der Waals surface area (Å²) in [7, 11) is 1.18. The molecule has 79 heavy (non-hydrogen) atoms. The predicted molar refractivity (Wildman–Crippen MR) is 339 cm³/mol. The van der Waals surface area contributed by atoms with E-state index in [1.807, 2.05) is 33.3 Å². The molecule has 0 spiro atoms. The Balaban J connectivity index is 5.05. The number of nitrogens with one attached hydrogen (secondary N) is 1. The van der Waals surface area contributed by atoms with Crippen molar-refractivity contribution >= 4 is 19.7 Å². The third-order valence-corrected chi connectivity index (χ3v) is 16.2. The first kappa shape index (κ1) is 77.0. The molecule has 0 radical (unpaired) electrons. The van der Waals surface area contributed by atoms with Crippen molar-refractivity contribution in [3.63, 3.8) is 0 Å². The van der Waals surface area contributed by atoms with Crippen LogP contribution in [0, 0.1) is 0 Å². The molecule has 1 amide bonds. The van der Waals surface area contributed by atoms with E-state index < -0.39 is 26.6 Å². The van der Waals surface area contributed by atoms with Gasteiger partial charge in [-0.25, -0.2) is 0 Å². The monoisotopic (exact) mass is 1130 g/mol. The number of amides is 1. The van der Waals surface area contributed by atoms with Gasteiger partial charge in [-0.15, -0.1) is 0 Å². The third kappa shape index (κ3) is 60.4. The van der Waals surface area contributed by atoms with Crippen molar-refractivity contribution in [2.75, 3.05) is 40.9 Å². The van der Waals surface area contributed by atoms with Crippen molar-refractivity contribution in [3.05, 3.63) is 48.6 Å². The normalized spacial score (nSPS) is 13.9. The lowest BCUT2D eigenvalue weighted by atomic mass is 10.0. The van der Waals surface area contributed by atoms with E-state index in [1.165, 1.54) is 212 Å². The molecular formula is C69H131N2O7P. The van der Waals surface area contributed by atoms with Gasteiger partial charge in [-0.1, -0.05) is 294 Å². The Morgan fingerprint density at radius 3 is 1.18 bits per heavy atom. The molecule has 3 atom stereocenters. The molecular weight excluding hydrogens is 1000 g/mol. The highest BCUT2D eigenvalue weighted by Gasteiger charge is 2.27. The maximum Gasteiger partial charge on any atom is 0.306 e. The lowest BCUT2D eigenvalue weighted by molar-refractivity contribution is -0.870. The van der Waals surface area contributed by atoms with Crippen LogP contribution in [-0.4, -0.2) is 69.4 Å². The first-order chi connectivity index (χ1) is 38.4. The molecule has 0 aliphatic heterocycles. The Bertz CT molecular complexity index is 1490. The van der Waals surface area contributed by atoms with Crippen LogP contribution < -0.4 is 10.2 Å². The molecule has 0 rings (SSSR count). The Kier molecular flexibility index (Phi) is 57.6. The minimum Gasteiger partial charge on any atom is -0.756 e. The maximum atomic E-state index is 13.6. The highest BCUT2D eigenvalue weighted by molar-refractivity contribution is 7.45. The molecule has 3 unspecified atom stereocenters. The maximum absolute atomic E-state index is 13.6. The predicted octanol–water partition coefficient (Wildman–Crippen LogP) is 20.6. The van der Waals surface area contributed by atoms with Crippen LogP contribution in [0.4, 0.5) is 0 Å². The van der Waals surface area contributed by atoms with Crippen LogP contribution >= 0.6 is 7.82 Å².